The summed E-state index contributed by atoms with van der Waals surface area (Å²) in [5.41, 5.74) is 30.7. The van der Waals surface area contributed by atoms with Crippen molar-refractivity contribution in [3.8, 4) is 11.1 Å². The Bertz CT molecular complexity index is 1060. The van der Waals surface area contributed by atoms with Gasteiger partial charge in [0.2, 0.25) is 0 Å². The molecule has 0 atom stereocenters. The molecule has 0 aliphatic rings. The summed E-state index contributed by atoms with van der Waals surface area (Å²) in [5.74, 6) is 0. The number of anilines is 4. The Morgan fingerprint density at radius 3 is 1.10 bits per heavy atom. The molecule has 0 unspecified atom stereocenters. The Morgan fingerprint density at radius 1 is 0.452 bits per heavy atom. The molecule has 4 aromatic rings. The van der Waals surface area contributed by atoms with E-state index in [9.17, 15) is 0 Å². The minimum Gasteiger partial charge on any atom is -0.399 e. The monoisotopic (exact) mass is 428 g/mol. The summed E-state index contributed by atoms with van der Waals surface area (Å²) in [6.07, 6.45) is 0. The van der Waals surface area contributed by atoms with E-state index in [2.05, 4.69) is 26.0 Å². The van der Waals surface area contributed by atoms with Crippen LogP contribution < -0.4 is 22.9 Å². The molecule has 0 amide bonds. The van der Waals surface area contributed by atoms with Crippen molar-refractivity contribution >= 4 is 34.5 Å². The highest BCUT2D eigenvalue weighted by molar-refractivity contribution is 7.99. The molecule has 4 nitrogen and oxygen atoms in total. The van der Waals surface area contributed by atoms with Gasteiger partial charge in [0.25, 0.3) is 0 Å². The Hall–Kier alpha value is -3.57. The minimum atomic E-state index is 0.789. The van der Waals surface area contributed by atoms with Crippen molar-refractivity contribution in [3.63, 3.8) is 0 Å². The van der Waals surface area contributed by atoms with Crippen LogP contribution in [0.3, 0.4) is 0 Å². The third-order valence-electron chi connectivity index (χ3n) is 4.79. The van der Waals surface area contributed by atoms with Crippen LogP contribution in [0.1, 0.15) is 11.1 Å². The lowest BCUT2D eigenvalue weighted by molar-refractivity contribution is 1.41. The molecule has 0 aromatic heterocycles. The minimum absolute atomic E-state index is 0.789. The first kappa shape index (κ1) is 22.1. The molecule has 0 radical (unpaired) electrons. The van der Waals surface area contributed by atoms with Crippen LogP contribution in [-0.4, -0.2) is 0 Å². The molecule has 4 aromatic carbocycles. The van der Waals surface area contributed by atoms with E-state index in [0.717, 1.165) is 22.7 Å². The number of aryl methyl sites for hydroxylation is 2. The maximum atomic E-state index is 5.75. The van der Waals surface area contributed by atoms with Crippen LogP contribution in [0.4, 0.5) is 22.7 Å². The SMILES string of the molecule is Cc1cc(N)ccc1-c1ccc(N)cc1C.Nc1ccc(Sc2ccc(N)cc2)cc1. The van der Waals surface area contributed by atoms with Gasteiger partial charge in [-0.3, -0.25) is 0 Å². The van der Waals surface area contributed by atoms with Crippen LogP contribution in [0.2, 0.25) is 0 Å². The smallest absolute Gasteiger partial charge is 0.0317 e. The molecule has 0 bridgehead atoms. The summed E-state index contributed by atoms with van der Waals surface area (Å²) in [7, 11) is 0. The van der Waals surface area contributed by atoms with Gasteiger partial charge < -0.3 is 22.9 Å². The Morgan fingerprint density at radius 2 is 0.774 bits per heavy atom. The summed E-state index contributed by atoms with van der Waals surface area (Å²) in [6, 6.07) is 27.6. The van der Waals surface area contributed by atoms with Gasteiger partial charge in [-0.15, -0.1) is 0 Å². The highest BCUT2D eigenvalue weighted by Crippen LogP contribution is 2.29. The molecule has 0 aliphatic carbocycles. The molecule has 5 heteroatoms. The Labute approximate surface area is 188 Å². The van der Waals surface area contributed by atoms with Gasteiger partial charge >= 0.3 is 0 Å². The predicted octanol–water partition coefficient (Wildman–Crippen LogP) is 6.14. The largest absolute Gasteiger partial charge is 0.399 e. The highest BCUT2D eigenvalue weighted by Gasteiger charge is 2.05. The van der Waals surface area contributed by atoms with E-state index >= 15 is 0 Å². The fraction of sp³-hybridized carbons (Fsp3) is 0.0769. The quantitative estimate of drug-likeness (QED) is 0.294. The molecule has 0 aliphatic heterocycles. The highest BCUT2D eigenvalue weighted by atomic mass is 32.2. The molecule has 4 rings (SSSR count). The number of nitrogen functional groups attached to an aromatic ring is 4. The molecule has 0 heterocycles. The topological polar surface area (TPSA) is 104 Å². The Kier molecular flexibility index (Phi) is 7.11. The summed E-state index contributed by atoms with van der Waals surface area (Å²) >= 11 is 1.69. The summed E-state index contributed by atoms with van der Waals surface area (Å²) in [4.78, 5) is 2.35. The number of nitrogens with two attached hydrogens (primary N) is 4. The molecular formula is C26H28N4S. The molecule has 0 saturated heterocycles. The van der Waals surface area contributed by atoms with Gasteiger partial charge in [0.05, 0.1) is 0 Å². The summed E-state index contributed by atoms with van der Waals surface area (Å²) in [6.45, 7) is 4.14. The summed E-state index contributed by atoms with van der Waals surface area (Å²) < 4.78 is 0. The van der Waals surface area contributed by atoms with Crippen LogP contribution >= 0.6 is 11.8 Å². The van der Waals surface area contributed by atoms with E-state index in [-0.39, 0.29) is 0 Å². The first-order valence-electron chi connectivity index (χ1n) is 9.93. The van der Waals surface area contributed by atoms with Crippen LogP contribution in [0, 0.1) is 13.8 Å². The zero-order chi connectivity index (χ0) is 22.4. The van der Waals surface area contributed by atoms with Crippen molar-refractivity contribution in [1.82, 2.24) is 0 Å². The van der Waals surface area contributed by atoms with E-state index in [1.165, 1.54) is 32.0 Å². The average Bonchev–Trinajstić information content (AvgIpc) is 2.73. The van der Waals surface area contributed by atoms with Crippen LogP contribution in [0.5, 0.6) is 0 Å². The number of hydrogen-bond donors (Lipinski definition) is 4. The maximum Gasteiger partial charge on any atom is 0.0317 e. The second kappa shape index (κ2) is 9.96. The second-order valence-electron chi connectivity index (χ2n) is 7.39. The molecule has 8 N–H and O–H groups in total. The maximum absolute atomic E-state index is 5.75. The lowest BCUT2D eigenvalue weighted by Gasteiger charge is -2.10. The molecule has 158 valence electrons. The normalized spacial score (nSPS) is 10.3. The van der Waals surface area contributed by atoms with E-state index in [0.29, 0.717) is 0 Å². The molecule has 0 fully saturated rings. The first-order valence-corrected chi connectivity index (χ1v) is 10.7. The predicted molar refractivity (Wildman–Crippen MR) is 136 cm³/mol. The van der Waals surface area contributed by atoms with Crippen molar-refractivity contribution in [3.05, 3.63) is 96.1 Å². The first-order chi connectivity index (χ1) is 14.8. The van der Waals surface area contributed by atoms with Crippen molar-refractivity contribution in [2.75, 3.05) is 22.9 Å². The van der Waals surface area contributed by atoms with Crippen LogP contribution in [-0.2, 0) is 0 Å². The van der Waals surface area contributed by atoms with Gasteiger partial charge in [-0.05, 0) is 109 Å². The second-order valence-corrected chi connectivity index (χ2v) is 8.54. The number of rotatable bonds is 3. The summed E-state index contributed by atoms with van der Waals surface area (Å²) in [5, 5.41) is 0. The fourth-order valence-corrected chi connectivity index (χ4v) is 4.00. The van der Waals surface area contributed by atoms with Gasteiger partial charge in [-0.25, -0.2) is 0 Å². The van der Waals surface area contributed by atoms with Crippen LogP contribution in [0.15, 0.2) is 94.7 Å². The van der Waals surface area contributed by atoms with E-state index in [1.807, 2.05) is 72.8 Å². The zero-order valence-electron chi connectivity index (χ0n) is 17.8. The van der Waals surface area contributed by atoms with E-state index in [4.69, 9.17) is 22.9 Å². The lowest BCUT2D eigenvalue weighted by Crippen LogP contribution is -1.92. The van der Waals surface area contributed by atoms with Crippen LogP contribution in [0.25, 0.3) is 11.1 Å². The van der Waals surface area contributed by atoms with Gasteiger partial charge in [0, 0.05) is 32.5 Å². The fourth-order valence-electron chi connectivity index (χ4n) is 3.19. The third-order valence-corrected chi connectivity index (χ3v) is 5.80. The van der Waals surface area contributed by atoms with Crippen molar-refractivity contribution in [2.24, 2.45) is 0 Å². The van der Waals surface area contributed by atoms with Gasteiger partial charge in [-0.2, -0.15) is 0 Å². The molecule has 31 heavy (non-hydrogen) atoms. The van der Waals surface area contributed by atoms with E-state index < -0.39 is 0 Å². The van der Waals surface area contributed by atoms with Gasteiger partial charge in [0.1, 0.15) is 0 Å². The average molecular weight is 429 g/mol. The van der Waals surface area contributed by atoms with Gasteiger partial charge in [-0.1, -0.05) is 23.9 Å². The number of benzene rings is 4. The van der Waals surface area contributed by atoms with Crippen molar-refractivity contribution in [1.29, 1.82) is 0 Å². The standard InChI is InChI=1S/C14H16N2.C12H12N2S/c1-9-7-11(15)3-5-13(9)14-6-4-12(16)8-10(14)2;13-9-1-5-11(6-2-9)15-12-7-3-10(14)4-8-12/h3-8H,15-16H2,1-2H3;1-8H,13-14H2. The van der Waals surface area contributed by atoms with Crippen molar-refractivity contribution < 1.29 is 0 Å². The van der Waals surface area contributed by atoms with E-state index in [1.54, 1.807) is 11.8 Å². The zero-order valence-corrected chi connectivity index (χ0v) is 18.6. The number of hydrogen-bond acceptors (Lipinski definition) is 5. The molecule has 0 spiro atoms. The van der Waals surface area contributed by atoms with Crippen molar-refractivity contribution in [2.45, 2.75) is 23.6 Å². The van der Waals surface area contributed by atoms with Gasteiger partial charge in [0.15, 0.2) is 0 Å². The Balaban J connectivity index is 0.000000176. The lowest BCUT2D eigenvalue weighted by atomic mass is 9.96. The third kappa shape index (κ3) is 6.20. The molecule has 0 saturated carbocycles. The molecular weight excluding hydrogens is 400 g/mol.